The molecule has 0 saturated heterocycles. The average Bonchev–Trinajstić information content (AvgIpc) is 2.26. The van der Waals surface area contributed by atoms with Gasteiger partial charge in [0, 0.05) is 5.69 Å². The first kappa shape index (κ1) is 12.7. The lowest BCUT2D eigenvalue weighted by Crippen LogP contribution is -2.13. The molecule has 16 heavy (non-hydrogen) atoms. The van der Waals surface area contributed by atoms with Gasteiger partial charge in [-0.25, -0.2) is 4.79 Å². The Kier molecular flexibility index (Phi) is 4.06. The predicted octanol–water partition coefficient (Wildman–Crippen LogP) is 2.08. The number of alkyl halides is 1. The zero-order valence-corrected chi connectivity index (χ0v) is 10.6. The smallest absolute Gasteiger partial charge is 0.340 e. The maximum atomic E-state index is 11.5. The van der Waals surface area contributed by atoms with Crippen LogP contribution in [0, 0.1) is 0 Å². The Morgan fingerprint density at radius 1 is 1.44 bits per heavy atom. The minimum absolute atomic E-state index is 0.101. The highest BCUT2D eigenvalue weighted by atomic mass is 79.9. The molecule has 0 bridgehead atoms. The molecule has 0 aliphatic rings. The minimum Gasteiger partial charge on any atom is -0.465 e. The van der Waals surface area contributed by atoms with Crippen LogP contribution in [0.1, 0.15) is 27.7 Å². The second kappa shape index (κ2) is 5.12. The number of rotatable bonds is 3. The van der Waals surface area contributed by atoms with Gasteiger partial charge < -0.3 is 10.5 Å². The van der Waals surface area contributed by atoms with Crippen LogP contribution < -0.4 is 5.73 Å². The average molecular weight is 286 g/mol. The van der Waals surface area contributed by atoms with Gasteiger partial charge in [-0.2, -0.15) is 0 Å². The number of esters is 1. The largest absolute Gasteiger partial charge is 0.465 e. The Hall–Kier alpha value is -1.36. The Morgan fingerprint density at radius 3 is 2.56 bits per heavy atom. The van der Waals surface area contributed by atoms with Crippen LogP contribution >= 0.6 is 15.9 Å². The summed E-state index contributed by atoms with van der Waals surface area (Å²) in [7, 11) is 1.27. The highest BCUT2D eigenvalue weighted by molar-refractivity contribution is 9.09. The van der Waals surface area contributed by atoms with Crippen molar-refractivity contribution in [3.63, 3.8) is 0 Å². The summed E-state index contributed by atoms with van der Waals surface area (Å²) < 4.78 is 4.64. The lowest BCUT2D eigenvalue weighted by molar-refractivity contribution is -0.116. The number of carbonyl (C=O) groups excluding carboxylic acids is 2. The number of anilines is 1. The summed E-state index contributed by atoms with van der Waals surface area (Å²) in [4.78, 5) is 22.3. The molecule has 2 N–H and O–H groups in total. The van der Waals surface area contributed by atoms with E-state index in [9.17, 15) is 9.59 Å². The SMILES string of the molecule is COC(=O)c1c(N)cccc1C(Br)C(C)=O. The van der Waals surface area contributed by atoms with Gasteiger partial charge in [-0.3, -0.25) is 4.79 Å². The van der Waals surface area contributed by atoms with E-state index in [1.165, 1.54) is 14.0 Å². The third kappa shape index (κ3) is 2.41. The third-order valence-electron chi connectivity index (χ3n) is 2.15. The molecule has 0 spiro atoms. The highest BCUT2D eigenvalue weighted by Crippen LogP contribution is 2.30. The van der Waals surface area contributed by atoms with Gasteiger partial charge in [0.2, 0.25) is 0 Å². The first-order valence-corrected chi connectivity index (χ1v) is 5.51. The van der Waals surface area contributed by atoms with Gasteiger partial charge in [0.05, 0.1) is 17.5 Å². The second-order valence-corrected chi connectivity index (χ2v) is 4.19. The standard InChI is InChI=1S/C11H12BrNO3/c1-6(14)10(12)7-4-3-5-8(13)9(7)11(15)16-2/h3-5,10H,13H2,1-2H3. The fraction of sp³-hybridized carbons (Fsp3) is 0.273. The molecule has 0 heterocycles. The van der Waals surface area contributed by atoms with Crippen molar-refractivity contribution in [3.05, 3.63) is 29.3 Å². The number of halogens is 1. The number of methoxy groups -OCH3 is 1. The van der Waals surface area contributed by atoms with Gasteiger partial charge in [-0.15, -0.1) is 0 Å². The van der Waals surface area contributed by atoms with Crippen molar-refractivity contribution < 1.29 is 14.3 Å². The monoisotopic (exact) mass is 285 g/mol. The quantitative estimate of drug-likeness (QED) is 0.524. The number of Topliss-reactive ketones (excluding diaryl/α,β-unsaturated/α-hetero) is 1. The normalized spacial score (nSPS) is 11.9. The number of hydrogen-bond donors (Lipinski definition) is 1. The molecular formula is C11H12BrNO3. The lowest BCUT2D eigenvalue weighted by Gasteiger charge is -2.13. The molecule has 1 aromatic rings. The summed E-state index contributed by atoms with van der Waals surface area (Å²) >= 11 is 3.22. The third-order valence-corrected chi connectivity index (χ3v) is 3.29. The van der Waals surface area contributed by atoms with Crippen molar-refractivity contribution in [2.24, 2.45) is 0 Å². The van der Waals surface area contributed by atoms with Crippen molar-refractivity contribution in [1.82, 2.24) is 0 Å². The van der Waals surface area contributed by atoms with Crippen LogP contribution in [-0.2, 0) is 9.53 Å². The van der Waals surface area contributed by atoms with Crippen LogP contribution in [0.3, 0.4) is 0 Å². The first-order chi connectivity index (χ1) is 7.49. The molecule has 4 nitrogen and oxygen atoms in total. The summed E-state index contributed by atoms with van der Waals surface area (Å²) in [5.41, 5.74) is 6.77. The van der Waals surface area contributed by atoms with E-state index >= 15 is 0 Å². The molecule has 1 unspecified atom stereocenters. The molecule has 1 atom stereocenters. The number of nitrogens with two attached hydrogens (primary N) is 1. The molecule has 0 aliphatic carbocycles. The summed E-state index contributed by atoms with van der Waals surface area (Å²) in [6, 6.07) is 4.95. The number of ether oxygens (including phenoxy) is 1. The fourth-order valence-corrected chi connectivity index (χ4v) is 1.74. The topological polar surface area (TPSA) is 69.4 Å². The van der Waals surface area contributed by atoms with Crippen molar-refractivity contribution in [3.8, 4) is 0 Å². The van der Waals surface area contributed by atoms with Gasteiger partial charge in [0.1, 0.15) is 5.78 Å². The number of nitrogen functional groups attached to an aromatic ring is 1. The van der Waals surface area contributed by atoms with Gasteiger partial charge in [-0.05, 0) is 18.6 Å². The van der Waals surface area contributed by atoms with Crippen LogP contribution in [-0.4, -0.2) is 18.9 Å². The second-order valence-electron chi connectivity index (χ2n) is 3.28. The molecule has 1 aromatic carbocycles. The predicted molar refractivity (Wildman–Crippen MR) is 64.5 cm³/mol. The van der Waals surface area contributed by atoms with E-state index in [1.54, 1.807) is 18.2 Å². The Labute approximate surface area is 102 Å². The fourth-order valence-electron chi connectivity index (χ4n) is 1.36. The number of ketones is 1. The Morgan fingerprint density at radius 2 is 2.06 bits per heavy atom. The first-order valence-electron chi connectivity index (χ1n) is 4.60. The van der Waals surface area contributed by atoms with Gasteiger partial charge >= 0.3 is 5.97 Å². The summed E-state index contributed by atoms with van der Waals surface area (Å²) in [5.74, 6) is -0.644. The molecule has 0 fully saturated rings. The summed E-state index contributed by atoms with van der Waals surface area (Å²) in [6.45, 7) is 1.43. The lowest BCUT2D eigenvalue weighted by atomic mass is 10.0. The molecule has 0 aliphatic heterocycles. The molecular weight excluding hydrogens is 274 g/mol. The molecule has 0 amide bonds. The maximum absolute atomic E-state index is 11.5. The molecule has 0 aromatic heterocycles. The van der Waals surface area contributed by atoms with Crippen LogP contribution in [0.25, 0.3) is 0 Å². The van der Waals surface area contributed by atoms with Crippen LogP contribution in [0.15, 0.2) is 18.2 Å². The zero-order chi connectivity index (χ0) is 12.3. The van der Waals surface area contributed by atoms with Crippen molar-refractivity contribution >= 4 is 33.4 Å². The van der Waals surface area contributed by atoms with Crippen LogP contribution in [0.4, 0.5) is 5.69 Å². The summed E-state index contributed by atoms with van der Waals surface area (Å²) in [6.07, 6.45) is 0. The number of hydrogen-bond acceptors (Lipinski definition) is 4. The highest BCUT2D eigenvalue weighted by Gasteiger charge is 2.22. The Bertz CT molecular complexity index is 431. The van der Waals surface area contributed by atoms with Crippen LogP contribution in [0.2, 0.25) is 0 Å². The van der Waals surface area contributed by atoms with E-state index in [0.717, 1.165) is 0 Å². The molecule has 0 saturated carbocycles. The van der Waals surface area contributed by atoms with Crippen molar-refractivity contribution in [1.29, 1.82) is 0 Å². The molecule has 5 heteroatoms. The van der Waals surface area contributed by atoms with E-state index in [4.69, 9.17) is 5.73 Å². The van der Waals surface area contributed by atoms with E-state index in [0.29, 0.717) is 11.3 Å². The Balaban J connectivity index is 3.33. The number of carbonyl (C=O) groups is 2. The number of benzene rings is 1. The van der Waals surface area contributed by atoms with Crippen LogP contribution in [0.5, 0.6) is 0 Å². The van der Waals surface area contributed by atoms with E-state index in [-0.39, 0.29) is 11.3 Å². The van der Waals surface area contributed by atoms with E-state index < -0.39 is 10.8 Å². The van der Waals surface area contributed by atoms with Crippen molar-refractivity contribution in [2.75, 3.05) is 12.8 Å². The molecule has 86 valence electrons. The van der Waals surface area contributed by atoms with E-state index in [1.807, 2.05) is 0 Å². The zero-order valence-electron chi connectivity index (χ0n) is 8.99. The minimum atomic E-state index is -0.551. The van der Waals surface area contributed by atoms with Gasteiger partial charge in [0.25, 0.3) is 0 Å². The van der Waals surface area contributed by atoms with Gasteiger partial charge in [0.15, 0.2) is 0 Å². The molecule has 1 rings (SSSR count). The maximum Gasteiger partial charge on any atom is 0.340 e. The van der Waals surface area contributed by atoms with E-state index in [2.05, 4.69) is 20.7 Å². The summed E-state index contributed by atoms with van der Waals surface area (Å²) in [5, 5.41) is 0. The molecule has 0 radical (unpaired) electrons. The van der Waals surface area contributed by atoms with Crippen molar-refractivity contribution in [2.45, 2.75) is 11.8 Å². The van der Waals surface area contributed by atoms with Gasteiger partial charge in [-0.1, -0.05) is 28.1 Å².